The van der Waals surface area contributed by atoms with E-state index < -0.39 is 7.42 Å². The van der Waals surface area contributed by atoms with E-state index in [9.17, 15) is 0 Å². The second-order valence-electron chi connectivity index (χ2n) is 4.02. The molecule has 0 aliphatic heterocycles. The molecule has 3 aromatic rings. The fraction of sp³-hybridized carbons (Fsp3) is 0. The molecule has 0 bridgehead atoms. The summed E-state index contributed by atoms with van der Waals surface area (Å²) in [6.07, 6.45) is 0. The molecule has 0 heterocycles. The van der Waals surface area contributed by atoms with E-state index in [2.05, 4.69) is 48.5 Å². The van der Waals surface area contributed by atoms with Crippen molar-refractivity contribution >= 4 is 56.3 Å². The summed E-state index contributed by atoms with van der Waals surface area (Å²) in [5.74, 6) is 0. The molecule has 83 valence electrons. The van der Waals surface area contributed by atoms with Crippen molar-refractivity contribution in [2.75, 3.05) is 0 Å². The SMILES string of the molecule is Cl[Si](Cl)c1ccc2cc3ccccc3cc2c1. The van der Waals surface area contributed by atoms with Crippen molar-refractivity contribution in [2.24, 2.45) is 0 Å². The van der Waals surface area contributed by atoms with Gasteiger partial charge in [-0.15, -0.1) is 22.2 Å². The predicted octanol–water partition coefficient (Wildman–Crippen LogP) is 4.17. The lowest BCUT2D eigenvalue weighted by molar-refractivity contribution is 1.78. The standard InChI is InChI=1S/C14H9Cl2Si/c15-17(16)14-6-5-12-7-10-3-1-2-4-11(10)8-13(12)9-14/h1-9H. The van der Waals surface area contributed by atoms with Crippen LogP contribution < -0.4 is 5.19 Å². The molecule has 0 amide bonds. The maximum atomic E-state index is 5.99. The van der Waals surface area contributed by atoms with Crippen LogP contribution in [0.3, 0.4) is 0 Å². The Kier molecular flexibility index (Phi) is 2.83. The molecule has 0 nitrogen and oxygen atoms in total. The van der Waals surface area contributed by atoms with E-state index in [-0.39, 0.29) is 0 Å². The van der Waals surface area contributed by atoms with Crippen LogP contribution in [0.2, 0.25) is 0 Å². The fourth-order valence-corrected chi connectivity index (χ4v) is 3.24. The Bertz CT molecular complexity index is 692. The van der Waals surface area contributed by atoms with Crippen molar-refractivity contribution in [1.29, 1.82) is 0 Å². The van der Waals surface area contributed by atoms with E-state index in [0.717, 1.165) is 5.19 Å². The van der Waals surface area contributed by atoms with Crippen LogP contribution in [-0.2, 0) is 0 Å². The van der Waals surface area contributed by atoms with Gasteiger partial charge >= 0.3 is 7.42 Å². The highest BCUT2D eigenvalue weighted by atomic mass is 35.7. The summed E-state index contributed by atoms with van der Waals surface area (Å²) in [6.45, 7) is 0. The molecule has 0 spiro atoms. The van der Waals surface area contributed by atoms with Crippen LogP contribution >= 0.6 is 22.2 Å². The first-order chi connectivity index (χ1) is 8.24. The van der Waals surface area contributed by atoms with Crippen molar-refractivity contribution in [3.63, 3.8) is 0 Å². The molecule has 3 rings (SSSR count). The zero-order chi connectivity index (χ0) is 11.8. The summed E-state index contributed by atoms with van der Waals surface area (Å²) in [5, 5.41) is 5.97. The van der Waals surface area contributed by atoms with Crippen molar-refractivity contribution in [2.45, 2.75) is 0 Å². The van der Waals surface area contributed by atoms with Crippen molar-refractivity contribution in [3.05, 3.63) is 54.6 Å². The summed E-state index contributed by atoms with van der Waals surface area (Å²) in [5.41, 5.74) is 0. The van der Waals surface area contributed by atoms with Crippen LogP contribution in [0.25, 0.3) is 21.5 Å². The summed E-state index contributed by atoms with van der Waals surface area (Å²) in [7, 11) is -1.41. The van der Waals surface area contributed by atoms with E-state index in [1.807, 2.05) is 6.07 Å². The molecular weight excluding hydrogens is 267 g/mol. The highest BCUT2D eigenvalue weighted by molar-refractivity contribution is 7.39. The molecular formula is C14H9Cl2Si. The maximum Gasteiger partial charge on any atom is 0.307 e. The van der Waals surface area contributed by atoms with Gasteiger partial charge in [-0.3, -0.25) is 0 Å². The minimum Gasteiger partial charge on any atom is -0.140 e. The number of rotatable bonds is 1. The van der Waals surface area contributed by atoms with Crippen LogP contribution in [0.1, 0.15) is 0 Å². The topological polar surface area (TPSA) is 0 Å². The Hall–Kier alpha value is -1.02. The van der Waals surface area contributed by atoms with Gasteiger partial charge < -0.3 is 0 Å². The third kappa shape index (κ3) is 2.06. The van der Waals surface area contributed by atoms with Gasteiger partial charge in [-0.05, 0) is 38.9 Å². The van der Waals surface area contributed by atoms with E-state index in [1.54, 1.807) is 0 Å². The first-order valence-electron chi connectivity index (χ1n) is 5.35. The summed E-state index contributed by atoms with van der Waals surface area (Å²) < 4.78 is 0. The Morgan fingerprint density at radius 2 is 1.24 bits per heavy atom. The normalized spacial score (nSPS) is 11.5. The maximum absolute atomic E-state index is 5.99. The highest BCUT2D eigenvalue weighted by Gasteiger charge is 2.08. The first-order valence-corrected chi connectivity index (χ1v) is 8.87. The van der Waals surface area contributed by atoms with E-state index in [0.29, 0.717) is 0 Å². The van der Waals surface area contributed by atoms with Crippen LogP contribution in [0, 0.1) is 0 Å². The Labute approximate surface area is 111 Å². The van der Waals surface area contributed by atoms with Crippen LogP contribution in [-0.4, -0.2) is 7.42 Å². The van der Waals surface area contributed by atoms with Gasteiger partial charge in [0, 0.05) is 0 Å². The highest BCUT2D eigenvalue weighted by Crippen LogP contribution is 2.22. The fourth-order valence-electron chi connectivity index (χ4n) is 2.06. The second-order valence-corrected chi connectivity index (χ2v) is 7.97. The quantitative estimate of drug-likeness (QED) is 0.355. The molecule has 17 heavy (non-hydrogen) atoms. The van der Waals surface area contributed by atoms with E-state index in [4.69, 9.17) is 22.2 Å². The van der Waals surface area contributed by atoms with Gasteiger partial charge in [0.1, 0.15) is 0 Å². The van der Waals surface area contributed by atoms with Crippen LogP contribution in [0.5, 0.6) is 0 Å². The number of hydrogen-bond acceptors (Lipinski definition) is 0. The molecule has 0 aliphatic carbocycles. The average molecular weight is 276 g/mol. The van der Waals surface area contributed by atoms with Gasteiger partial charge in [-0.25, -0.2) is 0 Å². The number of benzene rings is 3. The van der Waals surface area contributed by atoms with Crippen molar-refractivity contribution in [1.82, 2.24) is 0 Å². The Morgan fingerprint density at radius 1 is 0.647 bits per heavy atom. The largest absolute Gasteiger partial charge is 0.307 e. The number of hydrogen-bond donors (Lipinski definition) is 0. The predicted molar refractivity (Wildman–Crippen MR) is 78.5 cm³/mol. The third-order valence-corrected chi connectivity index (χ3v) is 4.98. The molecule has 0 saturated heterocycles. The molecule has 0 saturated carbocycles. The molecule has 0 fully saturated rings. The summed E-state index contributed by atoms with van der Waals surface area (Å²) in [4.78, 5) is 0. The van der Waals surface area contributed by atoms with E-state index in [1.165, 1.54) is 21.5 Å². The number of fused-ring (bicyclic) bond motifs is 2. The smallest absolute Gasteiger partial charge is 0.140 e. The van der Waals surface area contributed by atoms with Crippen LogP contribution in [0.15, 0.2) is 54.6 Å². The van der Waals surface area contributed by atoms with Crippen LogP contribution in [0.4, 0.5) is 0 Å². The van der Waals surface area contributed by atoms with Gasteiger partial charge in [-0.2, -0.15) is 0 Å². The minimum atomic E-state index is -1.41. The average Bonchev–Trinajstić information content (AvgIpc) is 2.35. The van der Waals surface area contributed by atoms with Gasteiger partial charge in [0.05, 0.1) is 0 Å². The van der Waals surface area contributed by atoms with Gasteiger partial charge in [0.15, 0.2) is 0 Å². The Balaban J connectivity index is 2.32. The van der Waals surface area contributed by atoms with Crippen molar-refractivity contribution < 1.29 is 0 Å². The molecule has 3 aromatic carbocycles. The molecule has 0 aliphatic rings. The lowest BCUT2D eigenvalue weighted by Crippen LogP contribution is -2.17. The van der Waals surface area contributed by atoms with E-state index >= 15 is 0 Å². The monoisotopic (exact) mass is 275 g/mol. The van der Waals surface area contributed by atoms with Gasteiger partial charge in [-0.1, -0.05) is 42.5 Å². The molecule has 3 heteroatoms. The molecule has 0 aromatic heterocycles. The molecule has 1 radical (unpaired) electrons. The summed E-state index contributed by atoms with van der Waals surface area (Å²) in [6, 6.07) is 18.9. The third-order valence-electron chi connectivity index (χ3n) is 2.92. The van der Waals surface area contributed by atoms with Gasteiger partial charge in [0.2, 0.25) is 0 Å². The Morgan fingerprint density at radius 3 is 1.88 bits per heavy atom. The lowest BCUT2D eigenvalue weighted by atomic mass is 10.0. The lowest BCUT2D eigenvalue weighted by Gasteiger charge is -2.05. The second kappa shape index (κ2) is 4.34. The zero-order valence-electron chi connectivity index (χ0n) is 8.95. The van der Waals surface area contributed by atoms with Gasteiger partial charge in [0.25, 0.3) is 0 Å². The van der Waals surface area contributed by atoms with Crippen molar-refractivity contribution in [3.8, 4) is 0 Å². The molecule has 0 atom stereocenters. The minimum absolute atomic E-state index is 1.04. The zero-order valence-corrected chi connectivity index (χ0v) is 11.5. The molecule has 0 N–H and O–H groups in total. The first kappa shape index (κ1) is 11.1. The molecule has 0 unspecified atom stereocenters. The summed E-state index contributed by atoms with van der Waals surface area (Å²) >= 11 is 12.0. The number of halogens is 2.